The number of anilines is 1. The lowest BCUT2D eigenvalue weighted by Gasteiger charge is -2.34. The van der Waals surface area contributed by atoms with Crippen molar-refractivity contribution in [2.24, 2.45) is 0 Å². The third-order valence-electron chi connectivity index (χ3n) is 4.16. The zero-order chi connectivity index (χ0) is 19.4. The summed E-state index contributed by atoms with van der Waals surface area (Å²) in [6.45, 7) is 2.23. The Balaban J connectivity index is 1.49. The van der Waals surface area contributed by atoms with Gasteiger partial charge in [-0.1, -0.05) is 35.1 Å². The first-order valence-corrected chi connectivity index (χ1v) is 9.44. The molecule has 0 spiro atoms. The van der Waals surface area contributed by atoms with Crippen LogP contribution in [0.15, 0.2) is 36.4 Å². The zero-order valence-corrected chi connectivity index (χ0v) is 15.8. The van der Waals surface area contributed by atoms with Crippen molar-refractivity contribution in [1.82, 2.24) is 9.80 Å². The summed E-state index contributed by atoms with van der Waals surface area (Å²) in [5.41, 5.74) is 0.567. The Hall–Kier alpha value is -2.49. The van der Waals surface area contributed by atoms with Crippen LogP contribution < -0.4 is 5.32 Å². The third-order valence-corrected chi connectivity index (χ3v) is 5.51. The van der Waals surface area contributed by atoms with Gasteiger partial charge in [0.2, 0.25) is 5.91 Å². The molecule has 0 radical (unpaired) electrons. The average Bonchev–Trinajstić information content (AvgIpc) is 3.14. The summed E-state index contributed by atoms with van der Waals surface area (Å²) in [7, 11) is 0. The van der Waals surface area contributed by atoms with Gasteiger partial charge in [0.05, 0.1) is 27.1 Å². The van der Waals surface area contributed by atoms with Crippen LogP contribution in [-0.2, 0) is 4.79 Å². The van der Waals surface area contributed by atoms with Crippen LogP contribution in [0.25, 0.3) is 0 Å². The van der Waals surface area contributed by atoms with E-state index in [0.717, 1.165) is 11.3 Å². The summed E-state index contributed by atoms with van der Waals surface area (Å²) in [5, 5.41) is 14.0. The van der Waals surface area contributed by atoms with Crippen LogP contribution in [0.1, 0.15) is 9.67 Å². The Morgan fingerprint density at radius 1 is 1.15 bits per heavy atom. The molecule has 0 aliphatic carbocycles. The first-order valence-electron chi connectivity index (χ1n) is 8.24. The molecule has 1 aliphatic heterocycles. The summed E-state index contributed by atoms with van der Waals surface area (Å²) < 4.78 is 0. The summed E-state index contributed by atoms with van der Waals surface area (Å²) in [4.78, 5) is 38.8. The van der Waals surface area contributed by atoms with E-state index in [2.05, 4.69) is 5.32 Å². The van der Waals surface area contributed by atoms with Gasteiger partial charge in [-0.15, -0.1) is 0 Å². The van der Waals surface area contributed by atoms with Crippen molar-refractivity contribution in [2.45, 2.75) is 0 Å². The van der Waals surface area contributed by atoms with Crippen molar-refractivity contribution >= 4 is 45.4 Å². The predicted octanol–water partition coefficient (Wildman–Crippen LogP) is 2.71. The van der Waals surface area contributed by atoms with Crippen molar-refractivity contribution in [1.29, 1.82) is 0 Å². The van der Waals surface area contributed by atoms with Crippen LogP contribution in [0.3, 0.4) is 0 Å². The molecule has 142 valence electrons. The Morgan fingerprint density at radius 3 is 2.48 bits per heavy atom. The first-order chi connectivity index (χ1) is 12.9. The molecule has 0 atom stereocenters. The molecular formula is C17H17ClN4O4S. The van der Waals surface area contributed by atoms with Crippen molar-refractivity contribution in [3.05, 3.63) is 56.4 Å². The minimum absolute atomic E-state index is 0.0479. The molecule has 1 aliphatic rings. The Labute approximate surface area is 164 Å². The zero-order valence-electron chi connectivity index (χ0n) is 14.3. The van der Waals surface area contributed by atoms with Gasteiger partial charge in [0.1, 0.15) is 0 Å². The largest absolute Gasteiger partial charge is 0.335 e. The number of carbonyl (C=O) groups excluding carboxylic acids is 2. The second kappa shape index (κ2) is 8.47. The molecule has 1 aromatic heterocycles. The topological polar surface area (TPSA) is 95.8 Å². The van der Waals surface area contributed by atoms with Crippen molar-refractivity contribution in [3.63, 3.8) is 0 Å². The second-order valence-electron chi connectivity index (χ2n) is 5.99. The Kier molecular flexibility index (Phi) is 6.04. The number of benzene rings is 1. The number of nitro groups is 1. The van der Waals surface area contributed by atoms with E-state index in [1.807, 2.05) is 4.90 Å². The summed E-state index contributed by atoms with van der Waals surface area (Å²) in [5.74, 6) is -0.384. The minimum atomic E-state index is -0.503. The van der Waals surface area contributed by atoms with Crippen molar-refractivity contribution in [3.8, 4) is 0 Å². The van der Waals surface area contributed by atoms with Crippen LogP contribution in [0, 0.1) is 10.1 Å². The minimum Gasteiger partial charge on any atom is -0.335 e. The molecule has 2 amide bonds. The van der Waals surface area contributed by atoms with Crippen molar-refractivity contribution in [2.75, 3.05) is 38.0 Å². The van der Waals surface area contributed by atoms with Gasteiger partial charge in [0.25, 0.3) is 5.91 Å². The fourth-order valence-corrected chi connectivity index (χ4v) is 3.73. The van der Waals surface area contributed by atoms with E-state index in [1.54, 1.807) is 29.2 Å². The van der Waals surface area contributed by atoms with Crippen LogP contribution in [0.4, 0.5) is 10.7 Å². The van der Waals surface area contributed by atoms with Gasteiger partial charge in [0.15, 0.2) is 0 Å². The summed E-state index contributed by atoms with van der Waals surface area (Å²) >= 11 is 6.91. The summed E-state index contributed by atoms with van der Waals surface area (Å²) in [6, 6.07) is 9.84. The van der Waals surface area contributed by atoms with Gasteiger partial charge in [-0.25, -0.2) is 0 Å². The maximum absolute atomic E-state index is 12.4. The number of rotatable bonds is 5. The van der Waals surface area contributed by atoms with E-state index in [0.29, 0.717) is 41.8 Å². The van der Waals surface area contributed by atoms with Crippen LogP contribution in [0.5, 0.6) is 0 Å². The standard InChI is InChI=1S/C17H17ClN4O4S/c18-12-3-1-2-4-13(12)19-15(23)11-20-7-9-21(10-8-20)17(24)14-5-6-16(27-14)22(25)26/h1-6H,7-11H2,(H,19,23). The molecule has 2 aromatic rings. The van der Waals surface area contributed by atoms with Gasteiger partial charge in [-0.05, 0) is 18.2 Å². The Bertz CT molecular complexity index is 864. The fourth-order valence-electron chi connectivity index (χ4n) is 2.76. The van der Waals surface area contributed by atoms with Gasteiger partial charge in [0, 0.05) is 32.2 Å². The molecule has 1 fully saturated rings. The van der Waals surface area contributed by atoms with E-state index in [1.165, 1.54) is 12.1 Å². The molecular weight excluding hydrogens is 392 g/mol. The van der Waals surface area contributed by atoms with Crippen LogP contribution in [-0.4, -0.2) is 59.3 Å². The maximum atomic E-state index is 12.4. The molecule has 1 saturated heterocycles. The van der Waals surface area contributed by atoms with Crippen LogP contribution in [0.2, 0.25) is 5.02 Å². The number of nitrogens with one attached hydrogen (secondary N) is 1. The summed E-state index contributed by atoms with van der Waals surface area (Å²) in [6.07, 6.45) is 0. The second-order valence-corrected chi connectivity index (χ2v) is 7.46. The number of thiophene rings is 1. The van der Waals surface area contributed by atoms with E-state index in [4.69, 9.17) is 11.6 Å². The molecule has 2 heterocycles. The molecule has 8 nitrogen and oxygen atoms in total. The SMILES string of the molecule is O=C(CN1CCN(C(=O)c2ccc([N+](=O)[O-])s2)CC1)Nc1ccccc1Cl. The number of para-hydroxylation sites is 1. The van der Waals surface area contributed by atoms with Gasteiger partial charge in [-0.2, -0.15) is 0 Å². The maximum Gasteiger partial charge on any atom is 0.324 e. The molecule has 27 heavy (non-hydrogen) atoms. The smallest absolute Gasteiger partial charge is 0.324 e. The van der Waals surface area contributed by atoms with E-state index in [-0.39, 0.29) is 23.4 Å². The van der Waals surface area contributed by atoms with Gasteiger partial charge in [-0.3, -0.25) is 24.6 Å². The number of halogens is 1. The van der Waals surface area contributed by atoms with E-state index < -0.39 is 4.92 Å². The number of hydrogen-bond donors (Lipinski definition) is 1. The lowest BCUT2D eigenvalue weighted by atomic mass is 10.2. The molecule has 1 aromatic carbocycles. The third kappa shape index (κ3) is 4.82. The highest BCUT2D eigenvalue weighted by Crippen LogP contribution is 2.25. The van der Waals surface area contributed by atoms with Crippen LogP contribution >= 0.6 is 22.9 Å². The molecule has 3 rings (SSSR count). The molecule has 0 bridgehead atoms. The molecule has 0 unspecified atom stereocenters. The number of amides is 2. The van der Waals surface area contributed by atoms with E-state index in [9.17, 15) is 19.7 Å². The first kappa shape index (κ1) is 19.3. The highest BCUT2D eigenvalue weighted by atomic mass is 35.5. The molecule has 10 heteroatoms. The van der Waals surface area contributed by atoms with Gasteiger partial charge >= 0.3 is 5.00 Å². The highest BCUT2D eigenvalue weighted by Gasteiger charge is 2.25. The number of carbonyl (C=O) groups is 2. The average molecular weight is 409 g/mol. The van der Waals surface area contributed by atoms with Gasteiger partial charge < -0.3 is 10.2 Å². The quantitative estimate of drug-likeness (QED) is 0.606. The van der Waals surface area contributed by atoms with Crippen molar-refractivity contribution < 1.29 is 14.5 Å². The normalized spacial score (nSPS) is 14.8. The predicted molar refractivity (Wildman–Crippen MR) is 103 cm³/mol. The lowest BCUT2D eigenvalue weighted by molar-refractivity contribution is -0.380. The number of nitrogens with zero attached hydrogens (tertiary/aromatic N) is 3. The lowest BCUT2D eigenvalue weighted by Crippen LogP contribution is -2.50. The Morgan fingerprint density at radius 2 is 1.85 bits per heavy atom. The fraction of sp³-hybridized carbons (Fsp3) is 0.294. The molecule has 1 N–H and O–H groups in total. The monoisotopic (exact) mass is 408 g/mol. The highest BCUT2D eigenvalue weighted by molar-refractivity contribution is 7.17. The number of hydrogen-bond acceptors (Lipinski definition) is 6. The molecule has 0 saturated carbocycles. The van der Waals surface area contributed by atoms with E-state index >= 15 is 0 Å². The number of piperazine rings is 1.